The zero-order chi connectivity index (χ0) is 11.4. The van der Waals surface area contributed by atoms with Crippen molar-refractivity contribution in [2.45, 2.75) is 78.1 Å². The van der Waals surface area contributed by atoms with E-state index >= 15 is 0 Å². The molecule has 1 heteroatoms. The van der Waals surface area contributed by atoms with Crippen LogP contribution in [0.1, 0.15) is 78.1 Å². The molecule has 0 unspecified atom stereocenters. The Bertz CT molecular complexity index is 149. The number of hydrogen-bond donors (Lipinski definition) is 0. The average Bonchev–Trinajstić information content (AvgIpc) is 2.24. The summed E-state index contributed by atoms with van der Waals surface area (Å²) in [6.45, 7) is 4.38. The number of halogens is 1. The predicted octanol–water partition coefficient (Wildman–Crippen LogP) is 5.78. The average molecular weight is 214 g/mol. The van der Waals surface area contributed by atoms with Crippen molar-refractivity contribution < 1.29 is 4.39 Å². The Hall–Kier alpha value is -0.330. The molecule has 0 rings (SSSR count). The summed E-state index contributed by atoms with van der Waals surface area (Å²) in [4.78, 5) is 0. The first kappa shape index (κ1) is 14.7. The predicted molar refractivity (Wildman–Crippen MR) is 66.7 cm³/mol. The summed E-state index contributed by atoms with van der Waals surface area (Å²) in [6, 6.07) is 0. The Labute approximate surface area is 95.0 Å². The number of rotatable bonds is 10. The van der Waals surface area contributed by atoms with Crippen LogP contribution in [0.3, 0.4) is 0 Å². The van der Waals surface area contributed by atoms with E-state index in [-0.39, 0.29) is 5.83 Å². The van der Waals surface area contributed by atoms with Crippen LogP contribution in [0.5, 0.6) is 0 Å². The third kappa shape index (κ3) is 11.6. The number of unbranched alkanes of at least 4 members (excludes halogenated alkanes) is 7. The fraction of sp³-hybridized carbons (Fsp3) is 0.857. The summed E-state index contributed by atoms with van der Waals surface area (Å²) < 4.78 is 13.2. The van der Waals surface area contributed by atoms with E-state index in [2.05, 4.69) is 13.8 Å². The summed E-state index contributed by atoms with van der Waals surface area (Å²) in [7, 11) is 0. The van der Waals surface area contributed by atoms with Gasteiger partial charge in [0.15, 0.2) is 0 Å². The fourth-order valence-electron chi connectivity index (χ4n) is 1.65. The molecule has 0 aliphatic heterocycles. The minimum atomic E-state index is 0.114. The summed E-state index contributed by atoms with van der Waals surface area (Å²) in [5, 5.41) is 0. The van der Waals surface area contributed by atoms with Gasteiger partial charge in [-0.15, -0.1) is 0 Å². The fourth-order valence-corrected chi connectivity index (χ4v) is 1.65. The van der Waals surface area contributed by atoms with Gasteiger partial charge in [-0.3, -0.25) is 0 Å². The molecule has 0 amide bonds. The Morgan fingerprint density at radius 2 is 1.47 bits per heavy atom. The van der Waals surface area contributed by atoms with Crippen molar-refractivity contribution in [3.63, 3.8) is 0 Å². The first-order chi connectivity index (χ1) is 7.31. The molecule has 0 aliphatic rings. The van der Waals surface area contributed by atoms with Crippen LogP contribution in [0.4, 0.5) is 4.39 Å². The van der Waals surface area contributed by atoms with Crippen LogP contribution in [0.25, 0.3) is 0 Å². The van der Waals surface area contributed by atoms with Gasteiger partial charge in [-0.1, -0.05) is 58.4 Å². The van der Waals surface area contributed by atoms with Crippen LogP contribution in [-0.4, -0.2) is 0 Å². The van der Waals surface area contributed by atoms with Gasteiger partial charge in [-0.2, -0.15) is 0 Å². The molecule has 90 valence electrons. The van der Waals surface area contributed by atoms with Gasteiger partial charge < -0.3 is 0 Å². The highest BCUT2D eigenvalue weighted by Crippen LogP contribution is 2.13. The molecule has 0 aromatic rings. The number of allylic oxidation sites excluding steroid dienone is 2. The minimum Gasteiger partial charge on any atom is -0.212 e. The zero-order valence-electron chi connectivity index (χ0n) is 10.5. The van der Waals surface area contributed by atoms with E-state index in [1.54, 1.807) is 6.08 Å². The van der Waals surface area contributed by atoms with Crippen LogP contribution < -0.4 is 0 Å². The summed E-state index contributed by atoms with van der Waals surface area (Å²) in [6.07, 6.45) is 13.0. The van der Waals surface area contributed by atoms with Crippen LogP contribution in [0.15, 0.2) is 11.9 Å². The van der Waals surface area contributed by atoms with Crippen molar-refractivity contribution in [1.29, 1.82) is 0 Å². The molecule has 0 aromatic carbocycles. The lowest BCUT2D eigenvalue weighted by Crippen LogP contribution is -1.80. The summed E-state index contributed by atoms with van der Waals surface area (Å²) in [5.41, 5.74) is 0. The van der Waals surface area contributed by atoms with Gasteiger partial charge in [-0.05, 0) is 25.7 Å². The van der Waals surface area contributed by atoms with Crippen LogP contribution >= 0.6 is 0 Å². The van der Waals surface area contributed by atoms with Gasteiger partial charge >= 0.3 is 0 Å². The van der Waals surface area contributed by atoms with Crippen molar-refractivity contribution in [2.75, 3.05) is 0 Å². The molecular formula is C14H27F. The highest BCUT2D eigenvalue weighted by molar-refractivity contribution is 4.91. The molecule has 15 heavy (non-hydrogen) atoms. The van der Waals surface area contributed by atoms with Crippen molar-refractivity contribution in [2.24, 2.45) is 0 Å². The maximum Gasteiger partial charge on any atom is 0.0959 e. The standard InChI is InChI=1S/C14H27F/c1-3-5-7-9-11-13-14(15)12-10-8-6-4-2/h13H,3-12H2,1-2H3/b14-13-. The molecule has 0 saturated carbocycles. The van der Waals surface area contributed by atoms with Crippen molar-refractivity contribution >= 4 is 0 Å². The quantitative estimate of drug-likeness (QED) is 0.404. The lowest BCUT2D eigenvalue weighted by atomic mass is 10.1. The molecule has 0 atom stereocenters. The van der Waals surface area contributed by atoms with E-state index in [1.165, 1.54) is 38.5 Å². The van der Waals surface area contributed by atoms with Gasteiger partial charge in [0.05, 0.1) is 5.83 Å². The minimum absolute atomic E-state index is 0.114. The van der Waals surface area contributed by atoms with Gasteiger partial charge in [0.1, 0.15) is 0 Å². The van der Waals surface area contributed by atoms with E-state index in [9.17, 15) is 4.39 Å². The van der Waals surface area contributed by atoms with E-state index in [0.29, 0.717) is 6.42 Å². The maximum atomic E-state index is 13.2. The third-order valence-electron chi connectivity index (χ3n) is 2.69. The topological polar surface area (TPSA) is 0 Å². The van der Waals surface area contributed by atoms with Crippen molar-refractivity contribution in [3.05, 3.63) is 11.9 Å². The van der Waals surface area contributed by atoms with Crippen LogP contribution in [0, 0.1) is 0 Å². The third-order valence-corrected chi connectivity index (χ3v) is 2.69. The largest absolute Gasteiger partial charge is 0.212 e. The van der Waals surface area contributed by atoms with E-state index < -0.39 is 0 Å². The van der Waals surface area contributed by atoms with E-state index in [0.717, 1.165) is 19.3 Å². The molecule has 0 bridgehead atoms. The second-order valence-corrected chi connectivity index (χ2v) is 4.31. The monoisotopic (exact) mass is 214 g/mol. The molecule has 0 fully saturated rings. The van der Waals surface area contributed by atoms with Gasteiger partial charge in [0, 0.05) is 0 Å². The Morgan fingerprint density at radius 3 is 2.07 bits per heavy atom. The van der Waals surface area contributed by atoms with E-state index in [1.807, 2.05) is 0 Å². The molecule has 0 saturated heterocycles. The Kier molecular flexibility index (Phi) is 11.5. The highest BCUT2D eigenvalue weighted by atomic mass is 19.1. The van der Waals surface area contributed by atoms with Crippen molar-refractivity contribution in [3.8, 4) is 0 Å². The van der Waals surface area contributed by atoms with Gasteiger partial charge in [-0.25, -0.2) is 4.39 Å². The van der Waals surface area contributed by atoms with Crippen LogP contribution in [-0.2, 0) is 0 Å². The molecule has 0 heterocycles. The lowest BCUT2D eigenvalue weighted by molar-refractivity contribution is 0.545. The lowest BCUT2D eigenvalue weighted by Gasteiger charge is -1.98. The van der Waals surface area contributed by atoms with Crippen LogP contribution in [0.2, 0.25) is 0 Å². The molecule has 0 spiro atoms. The molecular weight excluding hydrogens is 187 g/mol. The van der Waals surface area contributed by atoms with Gasteiger partial charge in [0.25, 0.3) is 0 Å². The first-order valence-electron chi connectivity index (χ1n) is 6.65. The zero-order valence-corrected chi connectivity index (χ0v) is 10.5. The molecule has 0 aliphatic carbocycles. The second-order valence-electron chi connectivity index (χ2n) is 4.31. The Balaban J connectivity index is 3.27. The highest BCUT2D eigenvalue weighted by Gasteiger charge is 1.95. The number of hydrogen-bond acceptors (Lipinski definition) is 0. The smallest absolute Gasteiger partial charge is 0.0959 e. The van der Waals surface area contributed by atoms with E-state index in [4.69, 9.17) is 0 Å². The summed E-state index contributed by atoms with van der Waals surface area (Å²) in [5.74, 6) is 0.114. The normalized spacial score (nSPS) is 12.1. The SMILES string of the molecule is CCCCCC/C=C(\F)CCCCCC. The summed E-state index contributed by atoms with van der Waals surface area (Å²) >= 11 is 0. The molecule has 0 N–H and O–H groups in total. The molecule has 0 radical (unpaired) electrons. The maximum absolute atomic E-state index is 13.2. The Morgan fingerprint density at radius 1 is 0.867 bits per heavy atom. The van der Waals surface area contributed by atoms with Gasteiger partial charge in [0.2, 0.25) is 0 Å². The second kappa shape index (κ2) is 11.7. The molecule has 0 aromatic heterocycles. The van der Waals surface area contributed by atoms with Crippen molar-refractivity contribution in [1.82, 2.24) is 0 Å². The molecule has 0 nitrogen and oxygen atoms in total. The first-order valence-corrected chi connectivity index (χ1v) is 6.65.